The van der Waals surface area contributed by atoms with Gasteiger partial charge in [-0.15, -0.1) is 0 Å². The van der Waals surface area contributed by atoms with E-state index < -0.39 is 0 Å². The van der Waals surface area contributed by atoms with Crippen LogP contribution in [0.4, 0.5) is 11.4 Å². The Morgan fingerprint density at radius 1 is 1.18 bits per heavy atom. The molecule has 114 valence electrons. The molecule has 3 rings (SSSR count). The molecule has 22 heavy (non-hydrogen) atoms. The zero-order valence-corrected chi connectivity index (χ0v) is 13.0. The molecule has 0 aliphatic carbocycles. The maximum atomic E-state index is 12.8. The highest BCUT2D eigenvalue weighted by Gasteiger charge is 2.24. The standard InChI is InChI=1S/C19H22N2O/c1-2-5-14-9-11-15(12-10-14)19(22)21-13-4-6-16-17(20)7-3-8-18(16)21/h3,7-12H,2,4-6,13,20H2,1H3. The molecule has 1 heterocycles. The Morgan fingerprint density at radius 2 is 1.95 bits per heavy atom. The van der Waals surface area contributed by atoms with Gasteiger partial charge in [0.2, 0.25) is 0 Å². The number of fused-ring (bicyclic) bond motifs is 1. The Bertz CT molecular complexity index is 676. The van der Waals surface area contributed by atoms with Gasteiger partial charge in [0.15, 0.2) is 0 Å². The van der Waals surface area contributed by atoms with E-state index in [1.54, 1.807) is 0 Å². The number of benzene rings is 2. The van der Waals surface area contributed by atoms with Crippen molar-refractivity contribution in [1.82, 2.24) is 0 Å². The topological polar surface area (TPSA) is 46.3 Å². The predicted molar refractivity (Wildman–Crippen MR) is 91.3 cm³/mol. The summed E-state index contributed by atoms with van der Waals surface area (Å²) in [6, 6.07) is 13.8. The molecule has 2 N–H and O–H groups in total. The van der Waals surface area contributed by atoms with Crippen molar-refractivity contribution in [3.63, 3.8) is 0 Å². The minimum atomic E-state index is 0.0644. The molecule has 0 spiro atoms. The average molecular weight is 294 g/mol. The molecule has 0 aromatic heterocycles. The van der Waals surface area contributed by atoms with Crippen LogP contribution in [-0.2, 0) is 12.8 Å². The number of amides is 1. The second kappa shape index (κ2) is 6.22. The molecule has 2 aromatic rings. The van der Waals surface area contributed by atoms with Crippen molar-refractivity contribution < 1.29 is 4.79 Å². The van der Waals surface area contributed by atoms with Crippen molar-refractivity contribution in [2.24, 2.45) is 0 Å². The Hall–Kier alpha value is -2.29. The van der Waals surface area contributed by atoms with E-state index in [1.807, 2.05) is 35.2 Å². The van der Waals surface area contributed by atoms with Crippen LogP contribution >= 0.6 is 0 Å². The third-order valence-corrected chi connectivity index (χ3v) is 4.27. The molecule has 0 radical (unpaired) electrons. The van der Waals surface area contributed by atoms with Gasteiger partial charge in [-0.25, -0.2) is 0 Å². The number of anilines is 2. The fourth-order valence-corrected chi connectivity index (χ4v) is 3.12. The summed E-state index contributed by atoms with van der Waals surface area (Å²) in [6.07, 6.45) is 4.08. The molecule has 1 amide bonds. The van der Waals surface area contributed by atoms with Crippen molar-refractivity contribution in [2.45, 2.75) is 32.6 Å². The Morgan fingerprint density at radius 3 is 2.68 bits per heavy atom. The first-order chi connectivity index (χ1) is 10.7. The molecule has 0 unspecified atom stereocenters. The second-order valence-electron chi connectivity index (χ2n) is 5.85. The van der Waals surface area contributed by atoms with Gasteiger partial charge in [-0.05, 0) is 54.7 Å². The number of carbonyl (C=O) groups is 1. The lowest BCUT2D eigenvalue weighted by Gasteiger charge is -2.30. The van der Waals surface area contributed by atoms with Crippen molar-refractivity contribution in [3.8, 4) is 0 Å². The molecule has 0 fully saturated rings. The van der Waals surface area contributed by atoms with E-state index in [4.69, 9.17) is 5.73 Å². The predicted octanol–water partition coefficient (Wildman–Crippen LogP) is 3.81. The lowest BCUT2D eigenvalue weighted by atomic mass is 9.98. The first kappa shape index (κ1) is 14.6. The fourth-order valence-electron chi connectivity index (χ4n) is 3.12. The highest BCUT2D eigenvalue weighted by molar-refractivity contribution is 6.07. The van der Waals surface area contributed by atoms with Crippen molar-refractivity contribution in [1.29, 1.82) is 0 Å². The monoisotopic (exact) mass is 294 g/mol. The molecule has 3 heteroatoms. The second-order valence-corrected chi connectivity index (χ2v) is 5.85. The van der Waals surface area contributed by atoms with Gasteiger partial charge in [-0.1, -0.05) is 31.5 Å². The summed E-state index contributed by atoms with van der Waals surface area (Å²) in [5.74, 6) is 0.0644. The van der Waals surface area contributed by atoms with E-state index in [0.717, 1.165) is 54.7 Å². The summed E-state index contributed by atoms with van der Waals surface area (Å²) >= 11 is 0. The van der Waals surface area contributed by atoms with Crippen molar-refractivity contribution >= 4 is 17.3 Å². The Kier molecular flexibility index (Phi) is 4.14. The molecule has 0 saturated heterocycles. The first-order valence-electron chi connectivity index (χ1n) is 7.99. The van der Waals surface area contributed by atoms with Gasteiger partial charge >= 0.3 is 0 Å². The van der Waals surface area contributed by atoms with Crippen LogP contribution in [0.3, 0.4) is 0 Å². The summed E-state index contributed by atoms with van der Waals surface area (Å²) in [5.41, 5.74) is 10.9. The molecule has 0 saturated carbocycles. The number of aryl methyl sites for hydroxylation is 1. The highest BCUT2D eigenvalue weighted by Crippen LogP contribution is 2.32. The SMILES string of the molecule is CCCc1ccc(C(=O)N2CCCc3c(N)cccc32)cc1. The number of nitrogen functional groups attached to an aromatic ring is 1. The number of hydrogen-bond acceptors (Lipinski definition) is 2. The normalized spacial score (nSPS) is 13.8. The summed E-state index contributed by atoms with van der Waals surface area (Å²) in [6.45, 7) is 2.92. The first-order valence-corrected chi connectivity index (χ1v) is 7.99. The summed E-state index contributed by atoms with van der Waals surface area (Å²) in [7, 11) is 0. The van der Waals surface area contributed by atoms with Gasteiger partial charge in [-0.2, -0.15) is 0 Å². The van der Waals surface area contributed by atoms with Crippen LogP contribution in [0.1, 0.15) is 41.3 Å². The number of nitrogens with two attached hydrogens (primary N) is 1. The third kappa shape index (κ3) is 2.71. The molecular formula is C19H22N2O. The van der Waals surface area contributed by atoms with Crippen LogP contribution in [0.2, 0.25) is 0 Å². The zero-order valence-electron chi connectivity index (χ0n) is 13.0. The van der Waals surface area contributed by atoms with Crippen LogP contribution in [0, 0.1) is 0 Å². The van der Waals surface area contributed by atoms with Gasteiger partial charge < -0.3 is 10.6 Å². The Labute approximate surface area is 131 Å². The maximum absolute atomic E-state index is 12.8. The fraction of sp³-hybridized carbons (Fsp3) is 0.316. The van der Waals surface area contributed by atoms with E-state index in [-0.39, 0.29) is 5.91 Å². The lowest BCUT2D eigenvalue weighted by molar-refractivity contribution is 0.0985. The van der Waals surface area contributed by atoms with Gasteiger partial charge in [-0.3, -0.25) is 4.79 Å². The van der Waals surface area contributed by atoms with Crippen LogP contribution in [0.25, 0.3) is 0 Å². The van der Waals surface area contributed by atoms with Gasteiger partial charge in [0, 0.05) is 23.5 Å². The van der Waals surface area contributed by atoms with Crippen LogP contribution in [-0.4, -0.2) is 12.5 Å². The lowest BCUT2D eigenvalue weighted by Crippen LogP contribution is -2.35. The number of nitrogens with zero attached hydrogens (tertiary/aromatic N) is 1. The molecule has 1 aliphatic rings. The van der Waals surface area contributed by atoms with E-state index >= 15 is 0 Å². The van der Waals surface area contributed by atoms with E-state index in [9.17, 15) is 4.79 Å². The summed E-state index contributed by atoms with van der Waals surface area (Å²) in [5, 5.41) is 0. The largest absolute Gasteiger partial charge is 0.398 e. The van der Waals surface area contributed by atoms with E-state index in [2.05, 4.69) is 19.1 Å². The number of hydrogen-bond donors (Lipinski definition) is 1. The van der Waals surface area contributed by atoms with E-state index in [1.165, 1.54) is 5.56 Å². The minimum Gasteiger partial charge on any atom is -0.398 e. The quantitative estimate of drug-likeness (QED) is 0.875. The summed E-state index contributed by atoms with van der Waals surface area (Å²) < 4.78 is 0. The third-order valence-electron chi connectivity index (χ3n) is 4.27. The molecule has 1 aliphatic heterocycles. The number of rotatable bonds is 3. The van der Waals surface area contributed by atoms with Crippen LogP contribution in [0.15, 0.2) is 42.5 Å². The molecule has 3 nitrogen and oxygen atoms in total. The minimum absolute atomic E-state index is 0.0644. The average Bonchev–Trinajstić information content (AvgIpc) is 2.55. The van der Waals surface area contributed by atoms with Crippen LogP contribution in [0.5, 0.6) is 0 Å². The molecular weight excluding hydrogens is 272 g/mol. The summed E-state index contributed by atoms with van der Waals surface area (Å²) in [4.78, 5) is 14.7. The van der Waals surface area contributed by atoms with Gasteiger partial charge in [0.1, 0.15) is 0 Å². The van der Waals surface area contributed by atoms with Gasteiger partial charge in [0.05, 0.1) is 0 Å². The maximum Gasteiger partial charge on any atom is 0.258 e. The number of carbonyl (C=O) groups excluding carboxylic acids is 1. The van der Waals surface area contributed by atoms with E-state index in [0.29, 0.717) is 0 Å². The van der Waals surface area contributed by atoms with Crippen molar-refractivity contribution in [2.75, 3.05) is 17.2 Å². The highest BCUT2D eigenvalue weighted by atomic mass is 16.2. The zero-order chi connectivity index (χ0) is 15.5. The molecule has 0 atom stereocenters. The Balaban J connectivity index is 1.89. The van der Waals surface area contributed by atoms with Crippen LogP contribution < -0.4 is 10.6 Å². The molecule has 2 aromatic carbocycles. The van der Waals surface area contributed by atoms with Gasteiger partial charge in [0.25, 0.3) is 5.91 Å². The molecule has 0 bridgehead atoms. The smallest absolute Gasteiger partial charge is 0.258 e. The van der Waals surface area contributed by atoms with Crippen molar-refractivity contribution in [3.05, 3.63) is 59.2 Å².